The topological polar surface area (TPSA) is 108 Å². The van der Waals surface area contributed by atoms with Crippen LogP contribution in [-0.2, 0) is 20.5 Å². The molecular weight excluding hydrogens is 595 g/mol. The maximum absolute atomic E-state index is 14.4. The van der Waals surface area contributed by atoms with E-state index in [9.17, 15) is 41.1 Å². The van der Waals surface area contributed by atoms with Crippen LogP contribution < -0.4 is 15.0 Å². The molecule has 1 saturated heterocycles. The summed E-state index contributed by atoms with van der Waals surface area (Å²) in [6.45, 7) is 10.6. The summed E-state index contributed by atoms with van der Waals surface area (Å²) in [5.74, 6) is -3.61. The number of benzene rings is 1. The molecule has 15 heteroatoms. The fraction of sp³-hybridized carbons (Fsp3) is 0.655. The Hall–Kier alpha value is -3.65. The van der Waals surface area contributed by atoms with E-state index in [1.165, 1.54) is 23.6 Å². The lowest BCUT2D eigenvalue weighted by molar-refractivity contribution is -0.138. The maximum Gasteiger partial charge on any atom is 0.417 e. The van der Waals surface area contributed by atoms with E-state index in [1.54, 1.807) is 34.6 Å². The lowest BCUT2D eigenvalue weighted by Gasteiger charge is -2.42. The van der Waals surface area contributed by atoms with Gasteiger partial charge in [0.15, 0.2) is 5.60 Å². The molecule has 2 heterocycles. The monoisotopic (exact) mass is 634 g/mol. The minimum absolute atomic E-state index is 0.0386. The second kappa shape index (κ2) is 12.8. The van der Waals surface area contributed by atoms with Crippen LogP contribution in [0.15, 0.2) is 12.1 Å². The van der Waals surface area contributed by atoms with Gasteiger partial charge in [-0.2, -0.15) is 22.0 Å². The number of halogens is 5. The molecule has 0 aromatic heterocycles. The van der Waals surface area contributed by atoms with Gasteiger partial charge in [0, 0.05) is 32.2 Å². The van der Waals surface area contributed by atoms with E-state index in [2.05, 4.69) is 0 Å². The minimum atomic E-state index is -5.00. The number of fused-ring (bicyclic) bond motifs is 1. The first-order valence-corrected chi connectivity index (χ1v) is 14.3. The first kappa shape index (κ1) is 34.8. The van der Waals surface area contributed by atoms with Crippen LogP contribution in [0.2, 0.25) is 0 Å². The highest BCUT2D eigenvalue weighted by Crippen LogP contribution is 2.44. The Morgan fingerprint density at radius 1 is 1.16 bits per heavy atom. The number of ether oxygens (including phenoxy) is 2. The van der Waals surface area contributed by atoms with Gasteiger partial charge in [0.1, 0.15) is 11.4 Å². The van der Waals surface area contributed by atoms with E-state index in [0.29, 0.717) is 25.5 Å². The number of nitrogens with zero attached hydrogens (tertiary/aromatic N) is 3. The predicted molar refractivity (Wildman–Crippen MR) is 150 cm³/mol. The highest BCUT2D eigenvalue weighted by molar-refractivity contribution is 6.05. The van der Waals surface area contributed by atoms with Crippen molar-refractivity contribution >= 4 is 29.5 Å². The van der Waals surface area contributed by atoms with Crippen LogP contribution in [0.25, 0.3) is 0 Å². The molecule has 1 aromatic carbocycles. The summed E-state index contributed by atoms with van der Waals surface area (Å²) in [6, 6.07) is 0.333. The smallest absolute Gasteiger partial charge is 0.417 e. The van der Waals surface area contributed by atoms with Crippen molar-refractivity contribution in [2.24, 2.45) is 0 Å². The molecule has 0 saturated carbocycles. The third-order valence-electron chi connectivity index (χ3n) is 7.12. The maximum atomic E-state index is 14.4. The number of amides is 4. The molecule has 0 spiro atoms. The zero-order valence-corrected chi connectivity index (χ0v) is 25.8. The normalized spacial score (nSPS) is 18.6. The first-order valence-electron chi connectivity index (χ1n) is 14.3. The Kier molecular flexibility index (Phi) is 10.1. The molecule has 0 unspecified atom stereocenters. The van der Waals surface area contributed by atoms with Crippen molar-refractivity contribution in [3.63, 3.8) is 0 Å². The number of hydrogen-bond donors (Lipinski definition) is 1. The zero-order valence-electron chi connectivity index (χ0n) is 25.8. The Labute approximate surface area is 252 Å². The van der Waals surface area contributed by atoms with Crippen molar-refractivity contribution < 1.29 is 50.6 Å². The van der Waals surface area contributed by atoms with Gasteiger partial charge in [0.25, 0.3) is 17.7 Å². The van der Waals surface area contributed by atoms with Gasteiger partial charge in [-0.15, -0.1) is 0 Å². The molecule has 0 aliphatic carbocycles. The van der Waals surface area contributed by atoms with Gasteiger partial charge in [-0.1, -0.05) is 0 Å². The van der Waals surface area contributed by atoms with E-state index in [4.69, 9.17) is 9.47 Å². The lowest BCUT2D eigenvalue weighted by atomic mass is 9.96. The van der Waals surface area contributed by atoms with E-state index >= 15 is 0 Å². The molecule has 2 aliphatic heterocycles. The molecule has 246 valence electrons. The van der Waals surface area contributed by atoms with Crippen LogP contribution in [0.3, 0.4) is 0 Å². The highest BCUT2D eigenvalue weighted by Gasteiger charge is 2.45. The van der Waals surface area contributed by atoms with Crippen molar-refractivity contribution in [2.75, 3.05) is 31.1 Å². The summed E-state index contributed by atoms with van der Waals surface area (Å²) in [6.07, 6.45) is -8.00. The van der Waals surface area contributed by atoms with Crippen molar-refractivity contribution in [3.05, 3.63) is 23.3 Å². The number of carbonyl (C=O) groups is 4. The summed E-state index contributed by atoms with van der Waals surface area (Å²) in [5.41, 5.74) is -4.63. The molecule has 1 aromatic rings. The Balaban J connectivity index is 2.05. The van der Waals surface area contributed by atoms with Gasteiger partial charge >= 0.3 is 18.7 Å². The molecule has 4 amide bonds. The second-order valence-corrected chi connectivity index (χ2v) is 12.6. The van der Waals surface area contributed by atoms with Crippen LogP contribution in [0.1, 0.15) is 77.2 Å². The fourth-order valence-electron chi connectivity index (χ4n) is 5.25. The van der Waals surface area contributed by atoms with Crippen LogP contribution in [0.4, 0.5) is 32.4 Å². The van der Waals surface area contributed by atoms with Crippen molar-refractivity contribution in [1.82, 2.24) is 15.1 Å². The number of alkyl halides is 5. The van der Waals surface area contributed by atoms with Gasteiger partial charge in [0.05, 0.1) is 22.9 Å². The number of carbonyl (C=O) groups excluding carboxylic acids is 4. The van der Waals surface area contributed by atoms with Crippen molar-refractivity contribution in [3.8, 4) is 5.75 Å². The molecule has 2 aliphatic rings. The molecule has 44 heavy (non-hydrogen) atoms. The molecule has 1 fully saturated rings. The predicted octanol–water partition coefficient (Wildman–Crippen LogP) is 4.84. The van der Waals surface area contributed by atoms with Gasteiger partial charge in [0.2, 0.25) is 0 Å². The van der Waals surface area contributed by atoms with Gasteiger partial charge in [-0.05, 0) is 73.4 Å². The molecule has 1 atom stereocenters. The lowest BCUT2D eigenvalue weighted by Crippen LogP contribution is -2.55. The zero-order chi connectivity index (χ0) is 33.4. The summed E-state index contributed by atoms with van der Waals surface area (Å²) in [4.78, 5) is 55.1. The van der Waals surface area contributed by atoms with Crippen molar-refractivity contribution in [2.45, 2.75) is 97.2 Å². The molecule has 0 radical (unpaired) electrons. The van der Waals surface area contributed by atoms with Crippen molar-refractivity contribution in [1.29, 1.82) is 0 Å². The van der Waals surface area contributed by atoms with Crippen LogP contribution >= 0.6 is 0 Å². The van der Waals surface area contributed by atoms with E-state index in [1.807, 2.05) is 5.32 Å². The summed E-state index contributed by atoms with van der Waals surface area (Å²) in [5, 5.41) is 1.96. The Bertz CT molecular complexity index is 1280. The van der Waals surface area contributed by atoms with Crippen LogP contribution in [-0.4, -0.2) is 89.5 Å². The number of anilines is 1. The van der Waals surface area contributed by atoms with E-state index in [-0.39, 0.29) is 24.5 Å². The van der Waals surface area contributed by atoms with Gasteiger partial charge in [-0.25, -0.2) is 4.79 Å². The molecule has 3 rings (SSSR count). The first-order chi connectivity index (χ1) is 20.1. The summed E-state index contributed by atoms with van der Waals surface area (Å²) < 4.78 is 79.8. The quantitative estimate of drug-likeness (QED) is 0.430. The summed E-state index contributed by atoms with van der Waals surface area (Å²) >= 11 is 0. The number of likely N-dealkylation sites (tertiary alicyclic amines) is 1. The van der Waals surface area contributed by atoms with E-state index < -0.39 is 77.4 Å². The largest absolute Gasteiger partial charge is 0.476 e. The minimum Gasteiger partial charge on any atom is -0.476 e. The second-order valence-electron chi connectivity index (χ2n) is 12.6. The SMILES string of the molecule is CC(C)N(C(=O)c1cc2c(cc1C(F)(F)F)OC(C)(C)C(=O)N2CCNC(=O)C(F)F)[C@@H]1CCCN(C(=O)OC(C)(C)C)C1. The van der Waals surface area contributed by atoms with Gasteiger partial charge in [-0.3, -0.25) is 14.4 Å². The standard InChI is InChI=1S/C29H39F5N4O6/c1-16(2)38(17-9-8-11-36(15-17)26(42)44-27(3,4)5)24(40)18-13-20-21(14-19(18)29(32,33)34)43-28(6,7)25(41)37(20)12-10-35-23(39)22(30)31/h13-14,16-17,22H,8-12,15H2,1-7H3,(H,35,39)/t17-/m1/s1. The highest BCUT2D eigenvalue weighted by atomic mass is 19.4. The van der Waals surface area contributed by atoms with Crippen LogP contribution in [0, 0.1) is 0 Å². The molecule has 10 nitrogen and oxygen atoms in total. The Morgan fingerprint density at radius 2 is 1.80 bits per heavy atom. The number of piperidine rings is 1. The third kappa shape index (κ3) is 7.89. The van der Waals surface area contributed by atoms with Crippen LogP contribution in [0.5, 0.6) is 5.75 Å². The molecule has 1 N–H and O–H groups in total. The Morgan fingerprint density at radius 3 is 2.34 bits per heavy atom. The molecular formula is C29H39F5N4O6. The fourth-order valence-corrected chi connectivity index (χ4v) is 5.25. The molecule has 0 bridgehead atoms. The number of hydrogen-bond acceptors (Lipinski definition) is 6. The van der Waals surface area contributed by atoms with E-state index in [0.717, 1.165) is 11.0 Å². The summed E-state index contributed by atoms with van der Waals surface area (Å²) in [7, 11) is 0. The van der Waals surface area contributed by atoms with Gasteiger partial charge < -0.3 is 29.5 Å². The third-order valence-corrected chi connectivity index (χ3v) is 7.12. The average molecular weight is 635 g/mol. The number of nitrogens with one attached hydrogen (secondary N) is 1. The number of rotatable bonds is 7. The average Bonchev–Trinajstić information content (AvgIpc) is 2.88.